The minimum atomic E-state index is 0.00951. The molecule has 0 amide bonds. The van der Waals surface area contributed by atoms with Crippen LogP contribution in [0.3, 0.4) is 0 Å². The molecule has 23 heavy (non-hydrogen) atoms. The van der Waals surface area contributed by atoms with Crippen molar-refractivity contribution in [3.63, 3.8) is 0 Å². The normalized spacial score (nSPS) is 16.9. The minimum Gasteiger partial charge on any atom is -0.322 e. The number of nitrogens with one attached hydrogen (secondary N) is 2. The Labute approximate surface area is 137 Å². The van der Waals surface area contributed by atoms with Gasteiger partial charge >= 0.3 is 0 Å². The molecule has 0 saturated carbocycles. The van der Waals surface area contributed by atoms with Gasteiger partial charge in [-0.05, 0) is 44.1 Å². The topological polar surface area (TPSA) is 51.4 Å². The van der Waals surface area contributed by atoms with E-state index in [0.29, 0.717) is 6.54 Å². The van der Waals surface area contributed by atoms with Gasteiger partial charge in [0.05, 0.1) is 0 Å². The lowest BCUT2D eigenvalue weighted by Crippen LogP contribution is -2.45. The third-order valence-electron chi connectivity index (χ3n) is 4.57. The van der Waals surface area contributed by atoms with Gasteiger partial charge in [-0.1, -0.05) is 18.2 Å². The summed E-state index contributed by atoms with van der Waals surface area (Å²) in [6.45, 7) is 7.37. The third kappa shape index (κ3) is 4.41. The third-order valence-corrected chi connectivity index (χ3v) is 4.57. The molecule has 1 aromatic carbocycles. The van der Waals surface area contributed by atoms with Crippen molar-refractivity contribution < 1.29 is 0 Å². The highest BCUT2D eigenvalue weighted by Crippen LogP contribution is 2.09. The molecule has 3 rings (SSSR count). The van der Waals surface area contributed by atoms with Gasteiger partial charge < -0.3 is 20.1 Å². The highest BCUT2D eigenvalue weighted by Gasteiger charge is 2.12. The van der Waals surface area contributed by atoms with E-state index in [-0.39, 0.29) is 5.56 Å². The van der Waals surface area contributed by atoms with Crippen molar-refractivity contribution in [2.75, 3.05) is 46.3 Å². The number of aromatic amines is 1. The van der Waals surface area contributed by atoms with Gasteiger partial charge in [-0.25, -0.2) is 0 Å². The predicted octanol–water partition coefficient (Wildman–Crippen LogP) is 1.26. The Bertz CT molecular complexity index is 689. The molecule has 0 radical (unpaired) electrons. The first-order valence-electron chi connectivity index (χ1n) is 8.45. The first-order valence-corrected chi connectivity index (χ1v) is 8.45. The molecule has 0 unspecified atom stereocenters. The SMILES string of the molecule is CN1CCN(CCCNCc2cc3ccccc3[nH]c2=O)CC1. The monoisotopic (exact) mass is 314 g/mol. The van der Waals surface area contributed by atoms with Crippen LogP contribution in [0.25, 0.3) is 10.9 Å². The summed E-state index contributed by atoms with van der Waals surface area (Å²) in [6, 6.07) is 9.89. The van der Waals surface area contributed by atoms with Crippen molar-refractivity contribution in [1.29, 1.82) is 0 Å². The molecule has 1 aliphatic heterocycles. The van der Waals surface area contributed by atoms with E-state index in [1.54, 1.807) is 0 Å². The Kier molecular flexibility index (Phi) is 5.43. The summed E-state index contributed by atoms with van der Waals surface area (Å²) >= 11 is 0. The van der Waals surface area contributed by atoms with Crippen molar-refractivity contribution in [2.45, 2.75) is 13.0 Å². The van der Waals surface area contributed by atoms with Crippen LogP contribution < -0.4 is 10.9 Å². The molecular weight excluding hydrogens is 288 g/mol. The Balaban J connectivity index is 1.44. The largest absolute Gasteiger partial charge is 0.322 e. The highest BCUT2D eigenvalue weighted by molar-refractivity contribution is 5.78. The van der Waals surface area contributed by atoms with Gasteiger partial charge in [0.15, 0.2) is 0 Å². The number of aromatic nitrogens is 1. The predicted molar refractivity (Wildman–Crippen MR) is 94.8 cm³/mol. The Hall–Kier alpha value is -1.69. The van der Waals surface area contributed by atoms with E-state index >= 15 is 0 Å². The van der Waals surface area contributed by atoms with Crippen LogP contribution in [0.5, 0.6) is 0 Å². The van der Waals surface area contributed by atoms with Crippen LogP contribution >= 0.6 is 0 Å². The molecule has 5 nitrogen and oxygen atoms in total. The van der Waals surface area contributed by atoms with Gasteiger partial charge in [-0.15, -0.1) is 0 Å². The van der Waals surface area contributed by atoms with Crippen LogP contribution in [0.2, 0.25) is 0 Å². The first kappa shape index (κ1) is 16.2. The summed E-state index contributed by atoms with van der Waals surface area (Å²) < 4.78 is 0. The molecule has 5 heteroatoms. The molecule has 2 heterocycles. The molecule has 1 fully saturated rings. The van der Waals surface area contributed by atoms with Gasteiger partial charge in [0.25, 0.3) is 5.56 Å². The van der Waals surface area contributed by atoms with Crippen LogP contribution in [0.15, 0.2) is 35.1 Å². The van der Waals surface area contributed by atoms with E-state index in [2.05, 4.69) is 27.1 Å². The molecule has 2 N–H and O–H groups in total. The average Bonchev–Trinajstić information content (AvgIpc) is 2.56. The van der Waals surface area contributed by atoms with Crippen LogP contribution in [0.4, 0.5) is 0 Å². The smallest absolute Gasteiger partial charge is 0.252 e. The second kappa shape index (κ2) is 7.73. The van der Waals surface area contributed by atoms with Crippen molar-refractivity contribution in [1.82, 2.24) is 20.1 Å². The fraction of sp³-hybridized carbons (Fsp3) is 0.500. The maximum atomic E-state index is 12.1. The number of rotatable bonds is 6. The van der Waals surface area contributed by atoms with Crippen LogP contribution in [-0.4, -0.2) is 61.1 Å². The molecule has 1 saturated heterocycles. The maximum absolute atomic E-state index is 12.1. The van der Waals surface area contributed by atoms with E-state index in [0.717, 1.165) is 36.0 Å². The van der Waals surface area contributed by atoms with Gasteiger partial charge in [0.1, 0.15) is 0 Å². The van der Waals surface area contributed by atoms with E-state index in [1.165, 1.54) is 26.2 Å². The number of benzene rings is 1. The Morgan fingerprint density at radius 2 is 1.96 bits per heavy atom. The number of hydrogen-bond donors (Lipinski definition) is 2. The lowest BCUT2D eigenvalue weighted by atomic mass is 10.1. The van der Waals surface area contributed by atoms with Crippen LogP contribution in [0.1, 0.15) is 12.0 Å². The summed E-state index contributed by atoms with van der Waals surface area (Å²) in [5.41, 5.74) is 1.72. The molecule has 0 atom stereocenters. The van der Waals surface area contributed by atoms with Crippen molar-refractivity contribution in [3.05, 3.63) is 46.2 Å². The number of nitrogens with zero attached hydrogens (tertiary/aromatic N) is 2. The number of para-hydroxylation sites is 1. The van der Waals surface area contributed by atoms with Crippen molar-refractivity contribution >= 4 is 10.9 Å². The summed E-state index contributed by atoms with van der Waals surface area (Å²) in [5, 5.41) is 4.48. The molecular formula is C18H26N4O. The molecule has 0 spiro atoms. The van der Waals surface area contributed by atoms with Crippen LogP contribution in [0, 0.1) is 0 Å². The quantitative estimate of drug-likeness (QED) is 0.788. The fourth-order valence-corrected chi connectivity index (χ4v) is 3.05. The summed E-state index contributed by atoms with van der Waals surface area (Å²) in [7, 11) is 2.18. The lowest BCUT2D eigenvalue weighted by molar-refractivity contribution is 0.152. The van der Waals surface area contributed by atoms with E-state index < -0.39 is 0 Å². The second-order valence-corrected chi connectivity index (χ2v) is 6.39. The van der Waals surface area contributed by atoms with Crippen LogP contribution in [-0.2, 0) is 6.54 Å². The number of pyridine rings is 1. The maximum Gasteiger partial charge on any atom is 0.252 e. The molecule has 0 bridgehead atoms. The van der Waals surface area contributed by atoms with Gasteiger partial charge in [0.2, 0.25) is 0 Å². The average molecular weight is 314 g/mol. The summed E-state index contributed by atoms with van der Waals surface area (Å²) in [5.74, 6) is 0. The van der Waals surface area contributed by atoms with Gasteiger partial charge in [0, 0.05) is 43.8 Å². The lowest BCUT2D eigenvalue weighted by Gasteiger charge is -2.32. The molecule has 0 aliphatic carbocycles. The molecule has 2 aromatic rings. The standard InChI is InChI=1S/C18H26N4O/c1-21-9-11-22(12-10-21)8-4-7-19-14-16-13-15-5-2-3-6-17(15)20-18(16)23/h2-3,5-6,13,19H,4,7-12,14H2,1H3,(H,20,23). The second-order valence-electron chi connectivity index (χ2n) is 6.39. The highest BCUT2D eigenvalue weighted by atomic mass is 16.1. The Morgan fingerprint density at radius 3 is 2.78 bits per heavy atom. The minimum absolute atomic E-state index is 0.00951. The summed E-state index contributed by atoms with van der Waals surface area (Å²) in [6.07, 6.45) is 1.12. The van der Waals surface area contributed by atoms with E-state index in [1.807, 2.05) is 30.3 Å². The number of hydrogen-bond acceptors (Lipinski definition) is 4. The zero-order valence-electron chi connectivity index (χ0n) is 13.8. The Morgan fingerprint density at radius 1 is 1.17 bits per heavy atom. The zero-order valence-corrected chi connectivity index (χ0v) is 13.8. The van der Waals surface area contributed by atoms with E-state index in [9.17, 15) is 4.79 Å². The van der Waals surface area contributed by atoms with Gasteiger partial charge in [-0.2, -0.15) is 0 Å². The zero-order chi connectivity index (χ0) is 16.1. The summed E-state index contributed by atoms with van der Waals surface area (Å²) in [4.78, 5) is 19.9. The van der Waals surface area contributed by atoms with Crippen molar-refractivity contribution in [3.8, 4) is 0 Å². The van der Waals surface area contributed by atoms with Gasteiger partial charge in [-0.3, -0.25) is 4.79 Å². The molecule has 124 valence electrons. The number of fused-ring (bicyclic) bond motifs is 1. The first-order chi connectivity index (χ1) is 11.2. The molecule has 1 aliphatic rings. The fourth-order valence-electron chi connectivity index (χ4n) is 3.05. The molecule has 1 aromatic heterocycles. The number of H-pyrrole nitrogens is 1. The van der Waals surface area contributed by atoms with E-state index in [4.69, 9.17) is 0 Å². The number of piperazine rings is 1. The van der Waals surface area contributed by atoms with Crippen molar-refractivity contribution in [2.24, 2.45) is 0 Å². The number of likely N-dealkylation sites (N-methyl/N-ethyl adjacent to an activating group) is 1.